The summed E-state index contributed by atoms with van der Waals surface area (Å²) in [6, 6.07) is 6.54. The summed E-state index contributed by atoms with van der Waals surface area (Å²) in [5, 5.41) is 0. The molecule has 0 aliphatic rings. The van der Waals surface area contributed by atoms with Gasteiger partial charge in [0.25, 0.3) is 0 Å². The highest BCUT2D eigenvalue weighted by Gasteiger charge is 2.14. The van der Waals surface area contributed by atoms with Gasteiger partial charge in [0.05, 0.1) is 4.90 Å². The SMILES string of the molecule is C[C@H](N)c1ccccc1S(C)(=O)=O. The fourth-order valence-corrected chi connectivity index (χ4v) is 2.20. The van der Waals surface area contributed by atoms with Crippen LogP contribution in [-0.2, 0) is 9.84 Å². The van der Waals surface area contributed by atoms with Crippen LogP contribution >= 0.6 is 0 Å². The molecular formula is C9H13NO2S. The third-order valence-electron chi connectivity index (χ3n) is 1.81. The lowest BCUT2D eigenvalue weighted by molar-refractivity contribution is 0.599. The Morgan fingerprint density at radius 1 is 1.31 bits per heavy atom. The van der Waals surface area contributed by atoms with Crippen LogP contribution < -0.4 is 5.73 Å². The van der Waals surface area contributed by atoms with Gasteiger partial charge in [-0.25, -0.2) is 8.42 Å². The van der Waals surface area contributed by atoms with Gasteiger partial charge in [0, 0.05) is 12.3 Å². The highest BCUT2D eigenvalue weighted by molar-refractivity contribution is 7.90. The Bertz CT molecular complexity index is 396. The average molecular weight is 199 g/mol. The summed E-state index contributed by atoms with van der Waals surface area (Å²) in [5.74, 6) is 0. The highest BCUT2D eigenvalue weighted by Crippen LogP contribution is 2.19. The Morgan fingerprint density at radius 2 is 1.85 bits per heavy atom. The Balaban J connectivity index is 3.37. The van der Waals surface area contributed by atoms with Gasteiger partial charge in [-0.1, -0.05) is 18.2 Å². The maximum Gasteiger partial charge on any atom is 0.175 e. The molecule has 0 aliphatic heterocycles. The molecule has 0 fully saturated rings. The van der Waals surface area contributed by atoms with E-state index in [1.807, 2.05) is 0 Å². The molecule has 3 nitrogen and oxygen atoms in total. The van der Waals surface area contributed by atoms with Crippen LogP contribution in [0, 0.1) is 0 Å². The van der Waals surface area contributed by atoms with Crippen LogP contribution in [0.1, 0.15) is 18.5 Å². The highest BCUT2D eigenvalue weighted by atomic mass is 32.2. The van der Waals surface area contributed by atoms with Crippen molar-refractivity contribution in [1.82, 2.24) is 0 Å². The van der Waals surface area contributed by atoms with Crippen molar-refractivity contribution in [2.45, 2.75) is 17.9 Å². The molecule has 0 spiro atoms. The topological polar surface area (TPSA) is 60.2 Å². The molecule has 4 heteroatoms. The van der Waals surface area contributed by atoms with Crippen LogP contribution in [0.2, 0.25) is 0 Å². The number of rotatable bonds is 2. The third kappa shape index (κ3) is 2.29. The van der Waals surface area contributed by atoms with E-state index in [9.17, 15) is 8.42 Å². The molecule has 0 aromatic heterocycles. The predicted molar refractivity (Wildman–Crippen MR) is 52.2 cm³/mol. The Hall–Kier alpha value is -0.870. The fraction of sp³-hybridized carbons (Fsp3) is 0.333. The molecule has 0 saturated carbocycles. The summed E-state index contributed by atoms with van der Waals surface area (Å²) >= 11 is 0. The van der Waals surface area contributed by atoms with Crippen LogP contribution in [-0.4, -0.2) is 14.7 Å². The number of hydrogen-bond donors (Lipinski definition) is 1. The summed E-state index contributed by atoms with van der Waals surface area (Å²) in [7, 11) is -3.16. The van der Waals surface area contributed by atoms with Crippen molar-refractivity contribution in [2.24, 2.45) is 5.73 Å². The largest absolute Gasteiger partial charge is 0.324 e. The summed E-state index contributed by atoms with van der Waals surface area (Å²) in [4.78, 5) is 0.324. The monoisotopic (exact) mass is 199 g/mol. The number of benzene rings is 1. The number of hydrogen-bond acceptors (Lipinski definition) is 3. The first-order valence-electron chi connectivity index (χ1n) is 3.97. The van der Waals surface area contributed by atoms with Crippen LogP contribution in [0.3, 0.4) is 0 Å². The minimum atomic E-state index is -3.16. The summed E-state index contributed by atoms with van der Waals surface area (Å²) in [6.45, 7) is 1.77. The Labute approximate surface area is 78.5 Å². The maximum absolute atomic E-state index is 11.3. The van der Waals surface area contributed by atoms with Crippen LogP contribution in [0.25, 0.3) is 0 Å². The minimum absolute atomic E-state index is 0.258. The van der Waals surface area contributed by atoms with Crippen LogP contribution in [0.5, 0.6) is 0 Å². The van der Waals surface area contributed by atoms with E-state index in [2.05, 4.69) is 0 Å². The van der Waals surface area contributed by atoms with Crippen molar-refractivity contribution in [1.29, 1.82) is 0 Å². The molecule has 0 saturated heterocycles. The molecule has 0 amide bonds. The molecule has 0 heterocycles. The van der Waals surface area contributed by atoms with Crippen molar-refractivity contribution in [3.8, 4) is 0 Å². The quantitative estimate of drug-likeness (QED) is 0.776. The first kappa shape index (κ1) is 10.2. The van der Waals surface area contributed by atoms with Crippen molar-refractivity contribution in [3.63, 3.8) is 0 Å². The van der Waals surface area contributed by atoms with Gasteiger partial charge in [-0.05, 0) is 18.6 Å². The summed E-state index contributed by atoms with van der Waals surface area (Å²) in [5.41, 5.74) is 6.32. The fourth-order valence-electron chi connectivity index (χ4n) is 1.19. The molecule has 0 unspecified atom stereocenters. The number of sulfone groups is 1. The van der Waals surface area contributed by atoms with E-state index in [1.54, 1.807) is 31.2 Å². The van der Waals surface area contributed by atoms with Gasteiger partial charge in [-0.3, -0.25) is 0 Å². The lowest BCUT2D eigenvalue weighted by Crippen LogP contribution is -2.10. The molecule has 1 aromatic rings. The molecule has 0 radical (unpaired) electrons. The van der Waals surface area contributed by atoms with Gasteiger partial charge < -0.3 is 5.73 Å². The second kappa shape index (κ2) is 3.47. The van der Waals surface area contributed by atoms with E-state index in [0.29, 0.717) is 10.5 Å². The van der Waals surface area contributed by atoms with Crippen LogP contribution in [0.4, 0.5) is 0 Å². The van der Waals surface area contributed by atoms with Gasteiger partial charge in [0.1, 0.15) is 0 Å². The molecule has 2 N–H and O–H groups in total. The molecule has 0 aliphatic carbocycles. The predicted octanol–water partition coefficient (Wildman–Crippen LogP) is 1.11. The third-order valence-corrected chi connectivity index (χ3v) is 2.98. The van der Waals surface area contributed by atoms with E-state index in [-0.39, 0.29) is 6.04 Å². The molecule has 72 valence electrons. The summed E-state index contributed by atoms with van der Waals surface area (Å²) in [6.07, 6.45) is 1.19. The zero-order valence-corrected chi connectivity index (χ0v) is 8.51. The van der Waals surface area contributed by atoms with Gasteiger partial charge >= 0.3 is 0 Å². The van der Waals surface area contributed by atoms with E-state index in [1.165, 1.54) is 6.26 Å². The van der Waals surface area contributed by atoms with Crippen molar-refractivity contribution >= 4 is 9.84 Å². The zero-order valence-electron chi connectivity index (χ0n) is 7.69. The second-order valence-corrected chi connectivity index (χ2v) is 5.08. The average Bonchev–Trinajstić information content (AvgIpc) is 2.03. The van der Waals surface area contributed by atoms with Crippen molar-refractivity contribution < 1.29 is 8.42 Å². The van der Waals surface area contributed by atoms with Crippen molar-refractivity contribution in [2.75, 3.05) is 6.26 Å². The lowest BCUT2D eigenvalue weighted by Gasteiger charge is -2.10. The van der Waals surface area contributed by atoms with E-state index in [0.717, 1.165) is 0 Å². The maximum atomic E-state index is 11.3. The summed E-state index contributed by atoms with van der Waals surface area (Å²) < 4.78 is 22.6. The zero-order chi connectivity index (χ0) is 10.1. The van der Waals surface area contributed by atoms with Gasteiger partial charge in [-0.15, -0.1) is 0 Å². The molecule has 1 atom stereocenters. The van der Waals surface area contributed by atoms with E-state index >= 15 is 0 Å². The first-order chi connectivity index (χ1) is 5.93. The molecule has 0 bridgehead atoms. The first-order valence-corrected chi connectivity index (χ1v) is 5.86. The van der Waals surface area contributed by atoms with E-state index in [4.69, 9.17) is 5.73 Å². The van der Waals surface area contributed by atoms with Gasteiger partial charge in [0.15, 0.2) is 9.84 Å². The van der Waals surface area contributed by atoms with Gasteiger partial charge in [0.2, 0.25) is 0 Å². The standard InChI is InChI=1S/C9H13NO2S/c1-7(10)8-5-3-4-6-9(8)13(2,11)12/h3-7H,10H2,1-2H3/t7-/m0/s1. The Morgan fingerprint density at radius 3 is 2.23 bits per heavy atom. The van der Waals surface area contributed by atoms with E-state index < -0.39 is 9.84 Å². The smallest absolute Gasteiger partial charge is 0.175 e. The van der Waals surface area contributed by atoms with Gasteiger partial charge in [-0.2, -0.15) is 0 Å². The normalized spacial score (nSPS) is 14.1. The van der Waals surface area contributed by atoms with Crippen molar-refractivity contribution in [3.05, 3.63) is 29.8 Å². The minimum Gasteiger partial charge on any atom is -0.324 e. The molecule has 1 aromatic carbocycles. The molecule has 1 rings (SSSR count). The second-order valence-electron chi connectivity index (χ2n) is 3.10. The Kier molecular flexibility index (Phi) is 2.73. The molecular weight excluding hydrogens is 186 g/mol. The number of nitrogens with two attached hydrogens (primary N) is 1. The molecule has 13 heavy (non-hydrogen) atoms. The lowest BCUT2D eigenvalue weighted by atomic mass is 10.1. The van der Waals surface area contributed by atoms with Crippen LogP contribution in [0.15, 0.2) is 29.2 Å².